The van der Waals surface area contributed by atoms with Gasteiger partial charge in [0.1, 0.15) is 24.4 Å². The summed E-state index contributed by atoms with van der Waals surface area (Å²) < 4.78 is 5.40. The van der Waals surface area contributed by atoms with E-state index in [-0.39, 0.29) is 37.9 Å². The van der Waals surface area contributed by atoms with Crippen LogP contribution in [0.3, 0.4) is 0 Å². The van der Waals surface area contributed by atoms with Gasteiger partial charge in [-0.3, -0.25) is 9.59 Å². The van der Waals surface area contributed by atoms with E-state index < -0.39 is 11.6 Å². The van der Waals surface area contributed by atoms with E-state index in [4.69, 9.17) is 21.3 Å². The molecule has 7 nitrogen and oxygen atoms in total. The van der Waals surface area contributed by atoms with E-state index in [2.05, 4.69) is 13.0 Å². The molecule has 0 radical (unpaired) electrons. The molecule has 0 spiro atoms. The molecule has 0 unspecified atom stereocenters. The highest BCUT2D eigenvalue weighted by atomic mass is 35.5. The molecule has 5 heterocycles. The lowest BCUT2D eigenvalue weighted by atomic mass is 9.83. The molecule has 1 amide bonds. The van der Waals surface area contributed by atoms with E-state index in [0.717, 1.165) is 53.2 Å². The third-order valence-corrected chi connectivity index (χ3v) is 9.12. The summed E-state index contributed by atoms with van der Waals surface area (Å²) >= 11 is 6.52. The number of nitrogens with zero attached hydrogens (tertiary/aromatic N) is 2. The van der Waals surface area contributed by atoms with Gasteiger partial charge in [0, 0.05) is 16.0 Å². The van der Waals surface area contributed by atoms with Gasteiger partial charge in [-0.15, -0.1) is 0 Å². The number of quaternary nitrogens is 1. The number of likely N-dealkylation sites (tertiary alicyclic amines) is 1. The summed E-state index contributed by atoms with van der Waals surface area (Å²) in [6.07, 6.45) is 4.49. The predicted octanol–water partition coefficient (Wildman–Crippen LogP) is 0.210. The van der Waals surface area contributed by atoms with Crippen LogP contribution in [-0.4, -0.2) is 58.7 Å². The van der Waals surface area contributed by atoms with Gasteiger partial charge in [0.15, 0.2) is 0 Å². The molecule has 2 N–H and O–H groups in total. The van der Waals surface area contributed by atoms with E-state index in [1.807, 2.05) is 26.0 Å². The van der Waals surface area contributed by atoms with Gasteiger partial charge in [0.05, 0.1) is 42.8 Å². The topological polar surface area (TPSA) is 84.2 Å². The molecule has 1 saturated heterocycles. The first-order valence-electron chi connectivity index (χ1n) is 13.3. The minimum atomic E-state index is -1.33. The van der Waals surface area contributed by atoms with E-state index in [9.17, 15) is 14.7 Å². The van der Waals surface area contributed by atoms with Gasteiger partial charge < -0.3 is 32.1 Å². The Kier molecular flexibility index (Phi) is 7.10. The monoisotopic (exact) mass is 557 g/mol. The molecule has 0 aliphatic carbocycles. The highest BCUT2D eigenvalue weighted by Crippen LogP contribution is 2.44. The largest absolute Gasteiger partial charge is 1.00 e. The number of rotatable bonds is 3. The van der Waals surface area contributed by atoms with Crippen LogP contribution in [0.5, 0.6) is 0 Å². The third kappa shape index (κ3) is 4.34. The third-order valence-electron chi connectivity index (χ3n) is 8.71. The van der Waals surface area contributed by atoms with Gasteiger partial charge in [-0.05, 0) is 67.0 Å². The van der Waals surface area contributed by atoms with Gasteiger partial charge in [0.25, 0.3) is 5.91 Å². The Balaban J connectivity index is 0.00000294. The summed E-state index contributed by atoms with van der Waals surface area (Å²) in [6, 6.07) is 3.96. The zero-order valence-corrected chi connectivity index (χ0v) is 23.5. The molecule has 38 heavy (non-hydrogen) atoms. The Morgan fingerprint density at radius 3 is 2.71 bits per heavy atom. The molecule has 9 heteroatoms. The first-order valence-corrected chi connectivity index (χ1v) is 13.7. The Hall–Kier alpha value is -2.45. The lowest BCUT2D eigenvalue weighted by Gasteiger charge is -2.32. The van der Waals surface area contributed by atoms with E-state index >= 15 is 0 Å². The van der Waals surface area contributed by atoms with E-state index in [1.165, 1.54) is 17.7 Å². The zero-order valence-electron chi connectivity index (χ0n) is 22.0. The van der Waals surface area contributed by atoms with Gasteiger partial charge in [-0.25, -0.2) is 4.98 Å². The number of amides is 1. The molecule has 1 fully saturated rings. The number of aryl methyl sites for hydroxylation is 1. The summed E-state index contributed by atoms with van der Waals surface area (Å²) in [7, 11) is 0. The smallest absolute Gasteiger partial charge is 0.309 e. The maximum Gasteiger partial charge on any atom is 0.309 e. The molecular formula is C29H33Cl2N3O4. The number of cyclic esters (lactones) is 1. The van der Waals surface area contributed by atoms with Crippen LogP contribution < -0.4 is 17.3 Å². The molecule has 0 saturated carbocycles. The van der Waals surface area contributed by atoms with Crippen molar-refractivity contribution in [2.45, 2.75) is 58.6 Å². The van der Waals surface area contributed by atoms with E-state index in [1.54, 1.807) is 4.90 Å². The van der Waals surface area contributed by atoms with Crippen LogP contribution in [0.2, 0.25) is 5.02 Å². The normalized spacial score (nSPS) is 26.8. The molecule has 6 rings (SSSR count). The second-order valence-corrected chi connectivity index (χ2v) is 11.6. The van der Waals surface area contributed by atoms with Crippen LogP contribution in [-0.2, 0) is 16.1 Å². The second-order valence-electron chi connectivity index (χ2n) is 11.2. The quantitative estimate of drug-likeness (QED) is 0.527. The lowest BCUT2D eigenvalue weighted by Crippen LogP contribution is -3.11. The number of carbonyl (C=O) groups excluding carboxylic acids is 2. The minimum Gasteiger partial charge on any atom is -1.00 e. The van der Waals surface area contributed by atoms with Crippen molar-refractivity contribution in [2.75, 3.05) is 26.2 Å². The summed E-state index contributed by atoms with van der Waals surface area (Å²) in [4.78, 5) is 34.4. The minimum absolute atomic E-state index is 0. The average Bonchev–Trinajstić information content (AvgIpc) is 3.07. The maximum atomic E-state index is 14.0. The molecular weight excluding hydrogens is 525 g/mol. The SMILES string of the molecule is CC[C@@]1(O)CC(=O)OCC2=C1C=C1c3nc4cc(Cl)c(C)cc4c(C[NH+]4CCC(C)CC4)c3C(=O)N1C2.[Cl-]. The van der Waals surface area contributed by atoms with Gasteiger partial charge in [-0.2, -0.15) is 0 Å². The molecule has 1 atom stereocenters. The number of aromatic nitrogens is 1. The summed E-state index contributed by atoms with van der Waals surface area (Å²) in [5.41, 5.74) is 4.84. The number of benzene rings is 1. The van der Waals surface area contributed by atoms with Gasteiger partial charge in [0.2, 0.25) is 0 Å². The highest BCUT2D eigenvalue weighted by molar-refractivity contribution is 6.32. The number of esters is 1. The molecule has 4 aliphatic heterocycles. The fourth-order valence-electron chi connectivity index (χ4n) is 6.30. The fourth-order valence-corrected chi connectivity index (χ4v) is 6.46. The van der Waals surface area contributed by atoms with Crippen LogP contribution in [0.15, 0.2) is 29.4 Å². The fraction of sp³-hybridized carbons (Fsp3) is 0.483. The summed E-state index contributed by atoms with van der Waals surface area (Å²) in [5.74, 6) is 0.225. The first-order chi connectivity index (χ1) is 17.7. The van der Waals surface area contributed by atoms with Crippen molar-refractivity contribution in [1.82, 2.24) is 9.88 Å². The van der Waals surface area contributed by atoms with Crippen LogP contribution >= 0.6 is 11.6 Å². The number of pyridine rings is 1. The standard InChI is InChI=1S/C29H32ClN3O4.ClH/c1-4-29(36)12-25(34)37-15-18-13-33-24(10-21(18)29)27-26(28(33)35)20(14-32-7-5-16(2)6-8-32)19-9-17(3)22(30)11-23(19)31-27;/h9-11,16,36H,4-8,12-15H2,1-3H3;1H/t29-;/m1./s1. The van der Waals surface area contributed by atoms with Gasteiger partial charge >= 0.3 is 5.97 Å². The van der Waals surface area contributed by atoms with Crippen molar-refractivity contribution in [2.24, 2.45) is 5.92 Å². The molecule has 1 aromatic carbocycles. The Morgan fingerprint density at radius 1 is 1.26 bits per heavy atom. The number of fused-ring (bicyclic) bond motifs is 4. The zero-order chi connectivity index (χ0) is 26.1. The lowest BCUT2D eigenvalue weighted by molar-refractivity contribution is -0.919. The van der Waals surface area contributed by atoms with Crippen LogP contribution in [0.1, 0.15) is 66.7 Å². The number of aliphatic hydroxyl groups is 1. The first kappa shape index (κ1) is 27.1. The number of hydrogen-bond donors (Lipinski definition) is 2. The van der Waals surface area contributed by atoms with Crippen LogP contribution in [0, 0.1) is 12.8 Å². The molecule has 4 aliphatic rings. The number of hydrogen-bond acceptors (Lipinski definition) is 5. The number of carbonyl (C=O) groups is 2. The van der Waals surface area contributed by atoms with Crippen molar-refractivity contribution >= 4 is 40.1 Å². The van der Waals surface area contributed by atoms with Crippen LogP contribution in [0.4, 0.5) is 0 Å². The Labute approximate surface area is 233 Å². The van der Waals surface area contributed by atoms with Gasteiger partial charge in [-0.1, -0.05) is 25.4 Å². The average molecular weight is 559 g/mol. The molecule has 202 valence electrons. The summed E-state index contributed by atoms with van der Waals surface area (Å²) in [6.45, 7) is 9.42. The Morgan fingerprint density at radius 2 is 2.00 bits per heavy atom. The Bertz CT molecular complexity index is 1410. The molecule has 1 aromatic heterocycles. The van der Waals surface area contributed by atoms with Crippen LogP contribution in [0.25, 0.3) is 16.6 Å². The maximum absolute atomic E-state index is 14.0. The summed E-state index contributed by atoms with van der Waals surface area (Å²) in [5, 5.41) is 13.1. The number of ether oxygens (including phenoxy) is 1. The number of piperidine rings is 1. The molecule has 0 bridgehead atoms. The molecule has 2 aromatic rings. The van der Waals surface area contributed by atoms with Crippen molar-refractivity contribution in [3.8, 4) is 0 Å². The van der Waals surface area contributed by atoms with Crippen molar-refractivity contribution in [3.05, 3.63) is 56.8 Å². The number of halogens is 2. The highest BCUT2D eigenvalue weighted by Gasteiger charge is 2.45. The second kappa shape index (κ2) is 9.94. The van der Waals surface area contributed by atoms with Crippen molar-refractivity contribution in [3.63, 3.8) is 0 Å². The van der Waals surface area contributed by atoms with Crippen molar-refractivity contribution in [1.29, 1.82) is 0 Å². The van der Waals surface area contributed by atoms with E-state index in [0.29, 0.717) is 34.0 Å². The van der Waals surface area contributed by atoms with Crippen molar-refractivity contribution < 1.29 is 36.7 Å². The number of nitrogens with one attached hydrogen (secondary N) is 1. The predicted molar refractivity (Wildman–Crippen MR) is 141 cm³/mol.